The summed E-state index contributed by atoms with van der Waals surface area (Å²) in [4.78, 5) is 4.19. The molecule has 2 unspecified atom stereocenters. The first-order chi connectivity index (χ1) is 9.08. The van der Waals surface area contributed by atoms with Gasteiger partial charge in [0.1, 0.15) is 18.5 Å². The fourth-order valence-electron chi connectivity index (χ4n) is 1.90. The molecule has 2 rings (SSSR count). The van der Waals surface area contributed by atoms with Crippen LogP contribution in [0.15, 0.2) is 23.2 Å². The van der Waals surface area contributed by atoms with Crippen LogP contribution < -0.4 is 10.5 Å². The van der Waals surface area contributed by atoms with Gasteiger partial charge < -0.3 is 15.2 Å². The largest absolute Gasteiger partial charge is 0.490 e. The highest BCUT2D eigenvalue weighted by Crippen LogP contribution is 2.28. The molecule has 0 radical (unpaired) electrons. The lowest BCUT2D eigenvalue weighted by atomic mass is 10.1. The van der Waals surface area contributed by atoms with Crippen LogP contribution in [0.3, 0.4) is 0 Å². The third kappa shape index (κ3) is 3.91. The average Bonchev–Trinajstić information content (AvgIpc) is 2.78. The van der Waals surface area contributed by atoms with Gasteiger partial charge in [-0.05, 0) is 18.6 Å². The lowest BCUT2D eigenvalue weighted by Crippen LogP contribution is -2.22. The van der Waals surface area contributed by atoms with Gasteiger partial charge in [-0.15, -0.1) is 0 Å². The van der Waals surface area contributed by atoms with Crippen LogP contribution in [0.4, 0.5) is 0 Å². The number of nitrogens with zero attached hydrogens (tertiary/aromatic N) is 1. The van der Waals surface area contributed by atoms with Crippen molar-refractivity contribution in [2.45, 2.75) is 31.9 Å². The highest BCUT2D eigenvalue weighted by Gasteiger charge is 2.22. The molecule has 0 fully saturated rings. The Morgan fingerprint density at radius 1 is 1.47 bits per heavy atom. The van der Waals surface area contributed by atoms with Crippen LogP contribution in [-0.2, 0) is 4.74 Å². The minimum atomic E-state index is 0.0421. The van der Waals surface area contributed by atoms with Crippen LogP contribution in [0.5, 0.6) is 5.75 Å². The molecule has 0 amide bonds. The second-order valence-electron chi connectivity index (χ2n) is 4.39. The molecule has 19 heavy (non-hydrogen) atoms. The van der Waals surface area contributed by atoms with E-state index in [-0.39, 0.29) is 18.2 Å². The van der Waals surface area contributed by atoms with Gasteiger partial charge in [0.05, 0.1) is 16.1 Å². The van der Waals surface area contributed by atoms with Crippen molar-refractivity contribution in [3.8, 4) is 5.75 Å². The SMILES string of the molecule is CCC(CC1COC(N)=N1)Oc1ccc(Cl)c(Cl)c1. The van der Waals surface area contributed by atoms with Gasteiger partial charge in [-0.2, -0.15) is 0 Å². The van der Waals surface area contributed by atoms with E-state index >= 15 is 0 Å². The summed E-state index contributed by atoms with van der Waals surface area (Å²) in [6, 6.07) is 5.57. The fourth-order valence-corrected chi connectivity index (χ4v) is 2.19. The lowest BCUT2D eigenvalue weighted by molar-refractivity contribution is 0.168. The van der Waals surface area contributed by atoms with E-state index in [2.05, 4.69) is 11.9 Å². The van der Waals surface area contributed by atoms with E-state index in [1.165, 1.54) is 0 Å². The minimum Gasteiger partial charge on any atom is -0.490 e. The number of aliphatic imine (C=N–C) groups is 1. The van der Waals surface area contributed by atoms with Crippen molar-refractivity contribution >= 4 is 29.2 Å². The zero-order chi connectivity index (χ0) is 13.8. The van der Waals surface area contributed by atoms with E-state index < -0.39 is 0 Å². The molecule has 4 nitrogen and oxygen atoms in total. The summed E-state index contributed by atoms with van der Waals surface area (Å²) >= 11 is 11.8. The molecule has 1 aliphatic rings. The normalized spacial score (nSPS) is 19.7. The molecular weight excluding hydrogens is 287 g/mol. The molecule has 1 aliphatic heterocycles. The third-order valence-electron chi connectivity index (χ3n) is 2.92. The highest BCUT2D eigenvalue weighted by molar-refractivity contribution is 6.42. The summed E-state index contributed by atoms with van der Waals surface area (Å²) in [6.45, 7) is 2.58. The van der Waals surface area contributed by atoms with E-state index in [9.17, 15) is 0 Å². The maximum atomic E-state index is 5.96. The van der Waals surface area contributed by atoms with Gasteiger partial charge in [-0.1, -0.05) is 30.1 Å². The Bertz CT molecular complexity index is 480. The number of benzene rings is 1. The molecule has 104 valence electrons. The molecule has 0 saturated carbocycles. The maximum absolute atomic E-state index is 5.96. The second kappa shape index (κ2) is 6.35. The van der Waals surface area contributed by atoms with Gasteiger partial charge in [-0.3, -0.25) is 0 Å². The molecule has 1 aromatic rings. The number of hydrogen-bond donors (Lipinski definition) is 1. The van der Waals surface area contributed by atoms with Crippen molar-refractivity contribution in [2.24, 2.45) is 10.7 Å². The Labute approximate surface area is 122 Å². The van der Waals surface area contributed by atoms with Crippen molar-refractivity contribution in [3.05, 3.63) is 28.2 Å². The lowest BCUT2D eigenvalue weighted by Gasteiger charge is -2.19. The molecule has 0 aromatic heterocycles. The van der Waals surface area contributed by atoms with Crippen molar-refractivity contribution in [1.29, 1.82) is 0 Å². The summed E-state index contributed by atoms with van der Waals surface area (Å²) in [5, 5.41) is 1.00. The van der Waals surface area contributed by atoms with Crippen LogP contribution in [0, 0.1) is 0 Å². The molecule has 1 aromatic carbocycles. The van der Waals surface area contributed by atoms with E-state index in [0.29, 0.717) is 22.4 Å². The van der Waals surface area contributed by atoms with Gasteiger partial charge in [0.15, 0.2) is 0 Å². The highest BCUT2D eigenvalue weighted by atomic mass is 35.5. The monoisotopic (exact) mass is 302 g/mol. The standard InChI is InChI=1S/C13H16Cl2N2O2/c1-2-9(5-8-7-18-13(16)17-8)19-10-3-4-11(14)12(15)6-10/h3-4,6,8-9H,2,5,7H2,1H3,(H2,16,17). The summed E-state index contributed by atoms with van der Waals surface area (Å²) < 4.78 is 11.0. The Kier molecular flexibility index (Phi) is 4.77. The fraction of sp³-hybridized carbons (Fsp3) is 0.462. The maximum Gasteiger partial charge on any atom is 0.282 e. The Morgan fingerprint density at radius 3 is 2.84 bits per heavy atom. The number of rotatable bonds is 5. The van der Waals surface area contributed by atoms with E-state index in [1.807, 2.05) is 0 Å². The van der Waals surface area contributed by atoms with Gasteiger partial charge in [0.25, 0.3) is 6.02 Å². The van der Waals surface area contributed by atoms with Crippen LogP contribution in [0.2, 0.25) is 10.0 Å². The summed E-state index contributed by atoms with van der Waals surface area (Å²) in [6.07, 6.45) is 1.67. The zero-order valence-corrected chi connectivity index (χ0v) is 12.1. The van der Waals surface area contributed by atoms with Gasteiger partial charge in [0, 0.05) is 12.5 Å². The third-order valence-corrected chi connectivity index (χ3v) is 3.66. The number of amidine groups is 1. The van der Waals surface area contributed by atoms with Crippen molar-refractivity contribution < 1.29 is 9.47 Å². The van der Waals surface area contributed by atoms with Crippen molar-refractivity contribution in [1.82, 2.24) is 0 Å². The summed E-state index contributed by atoms with van der Waals surface area (Å²) in [5.74, 6) is 0.706. The predicted octanol–water partition coefficient (Wildman–Crippen LogP) is 3.25. The molecule has 6 heteroatoms. The Morgan fingerprint density at radius 2 is 2.26 bits per heavy atom. The van der Waals surface area contributed by atoms with Gasteiger partial charge >= 0.3 is 0 Å². The van der Waals surface area contributed by atoms with Gasteiger partial charge in [-0.25, -0.2) is 4.99 Å². The topological polar surface area (TPSA) is 56.8 Å². The molecule has 1 heterocycles. The van der Waals surface area contributed by atoms with Crippen LogP contribution >= 0.6 is 23.2 Å². The van der Waals surface area contributed by atoms with E-state index in [4.69, 9.17) is 38.4 Å². The summed E-state index contributed by atoms with van der Waals surface area (Å²) in [7, 11) is 0. The van der Waals surface area contributed by atoms with Crippen LogP contribution in [0.1, 0.15) is 19.8 Å². The molecule has 0 aliphatic carbocycles. The number of hydrogen-bond acceptors (Lipinski definition) is 4. The number of nitrogens with two attached hydrogens (primary N) is 1. The Hall–Kier alpha value is -1.13. The molecule has 0 bridgehead atoms. The first-order valence-corrected chi connectivity index (χ1v) is 6.92. The molecule has 0 saturated heterocycles. The molecular formula is C13H16Cl2N2O2. The van der Waals surface area contributed by atoms with Crippen molar-refractivity contribution in [2.75, 3.05) is 6.61 Å². The first kappa shape index (κ1) is 14.3. The number of ether oxygens (including phenoxy) is 2. The second-order valence-corrected chi connectivity index (χ2v) is 5.21. The van der Waals surface area contributed by atoms with Crippen LogP contribution in [0.25, 0.3) is 0 Å². The van der Waals surface area contributed by atoms with E-state index in [0.717, 1.165) is 12.8 Å². The predicted molar refractivity (Wildman–Crippen MR) is 77.1 cm³/mol. The smallest absolute Gasteiger partial charge is 0.282 e. The number of halogens is 2. The molecule has 2 atom stereocenters. The molecule has 2 N–H and O–H groups in total. The van der Waals surface area contributed by atoms with Crippen molar-refractivity contribution in [3.63, 3.8) is 0 Å². The van der Waals surface area contributed by atoms with E-state index in [1.54, 1.807) is 18.2 Å². The summed E-state index contributed by atoms with van der Waals surface area (Å²) in [5.41, 5.74) is 5.49. The van der Waals surface area contributed by atoms with Gasteiger partial charge in [0.2, 0.25) is 0 Å². The first-order valence-electron chi connectivity index (χ1n) is 6.16. The zero-order valence-electron chi connectivity index (χ0n) is 10.6. The Balaban J connectivity index is 1.96. The average molecular weight is 303 g/mol. The van der Waals surface area contributed by atoms with Crippen LogP contribution in [-0.4, -0.2) is 24.8 Å². The molecule has 0 spiro atoms. The quantitative estimate of drug-likeness (QED) is 0.908. The minimum absolute atomic E-state index is 0.0421.